The van der Waals surface area contributed by atoms with Crippen LogP contribution in [0.4, 0.5) is 23.2 Å². The monoisotopic (exact) mass is 399 g/mol. The van der Waals surface area contributed by atoms with Crippen molar-refractivity contribution in [2.45, 2.75) is 19.5 Å². The zero-order chi connectivity index (χ0) is 20.7. The first-order valence-corrected chi connectivity index (χ1v) is 8.27. The summed E-state index contributed by atoms with van der Waals surface area (Å²) < 4.78 is 61.7. The average molecular weight is 399 g/mol. The summed E-state index contributed by atoms with van der Waals surface area (Å²) in [5.74, 6) is -2.20. The Labute approximate surface area is 158 Å². The molecule has 0 bridgehead atoms. The van der Waals surface area contributed by atoms with Crippen LogP contribution in [0.3, 0.4) is 0 Å². The van der Waals surface area contributed by atoms with Crippen LogP contribution in [0, 0.1) is 5.82 Å². The number of amides is 1. The van der Waals surface area contributed by atoms with E-state index in [1.807, 2.05) is 6.92 Å². The molecule has 0 fully saturated rings. The molecule has 5 nitrogen and oxygen atoms in total. The molecule has 0 radical (unpaired) electrons. The van der Waals surface area contributed by atoms with Gasteiger partial charge in [-0.25, -0.2) is 9.18 Å². The van der Waals surface area contributed by atoms with Crippen molar-refractivity contribution in [1.82, 2.24) is 0 Å². The van der Waals surface area contributed by atoms with E-state index < -0.39 is 36.0 Å². The minimum atomic E-state index is -4.60. The van der Waals surface area contributed by atoms with Crippen LogP contribution in [-0.4, -0.2) is 25.1 Å². The number of benzene rings is 2. The predicted octanol–water partition coefficient (Wildman–Crippen LogP) is 4.43. The van der Waals surface area contributed by atoms with Gasteiger partial charge < -0.3 is 14.8 Å². The fraction of sp³-hybridized carbons (Fsp3) is 0.263. The minimum absolute atomic E-state index is 0.0280. The van der Waals surface area contributed by atoms with Crippen LogP contribution in [0.2, 0.25) is 0 Å². The number of esters is 1. The molecular formula is C19H17F4NO4. The summed E-state index contributed by atoms with van der Waals surface area (Å²) in [7, 11) is 0. The summed E-state index contributed by atoms with van der Waals surface area (Å²) in [5.41, 5.74) is -1.12. The molecular weight excluding hydrogens is 382 g/mol. The van der Waals surface area contributed by atoms with E-state index in [4.69, 9.17) is 9.47 Å². The van der Waals surface area contributed by atoms with Gasteiger partial charge in [0.2, 0.25) is 0 Å². The van der Waals surface area contributed by atoms with Crippen molar-refractivity contribution < 1.29 is 36.6 Å². The number of anilines is 1. The van der Waals surface area contributed by atoms with Crippen LogP contribution < -0.4 is 10.1 Å². The Morgan fingerprint density at radius 3 is 2.36 bits per heavy atom. The normalized spacial score (nSPS) is 11.0. The SMILES string of the molecule is CCCOc1ccc(C(F)(F)F)cc1NC(=O)COC(=O)c1ccc(F)cc1. The summed E-state index contributed by atoms with van der Waals surface area (Å²) in [6, 6.07) is 7.16. The average Bonchev–Trinajstić information content (AvgIpc) is 2.65. The molecule has 1 N–H and O–H groups in total. The third-order valence-corrected chi connectivity index (χ3v) is 3.46. The quantitative estimate of drug-likeness (QED) is 0.553. The van der Waals surface area contributed by atoms with Gasteiger partial charge in [-0.15, -0.1) is 0 Å². The van der Waals surface area contributed by atoms with Crippen molar-refractivity contribution in [3.8, 4) is 5.75 Å². The maximum atomic E-state index is 12.9. The van der Waals surface area contributed by atoms with Crippen molar-refractivity contribution in [2.75, 3.05) is 18.5 Å². The predicted molar refractivity (Wildman–Crippen MR) is 92.5 cm³/mol. The second kappa shape index (κ2) is 9.20. The van der Waals surface area contributed by atoms with Crippen molar-refractivity contribution in [1.29, 1.82) is 0 Å². The molecule has 150 valence electrons. The summed E-state index contributed by atoms with van der Waals surface area (Å²) in [6.07, 6.45) is -3.98. The zero-order valence-electron chi connectivity index (χ0n) is 14.8. The Bertz CT molecular complexity index is 835. The highest BCUT2D eigenvalue weighted by atomic mass is 19.4. The van der Waals surface area contributed by atoms with E-state index in [1.54, 1.807) is 0 Å². The highest BCUT2D eigenvalue weighted by molar-refractivity contribution is 5.96. The van der Waals surface area contributed by atoms with E-state index >= 15 is 0 Å². The van der Waals surface area contributed by atoms with Crippen LogP contribution in [0.25, 0.3) is 0 Å². The highest BCUT2D eigenvalue weighted by Crippen LogP contribution is 2.35. The van der Waals surface area contributed by atoms with E-state index in [9.17, 15) is 27.2 Å². The molecule has 0 unspecified atom stereocenters. The second-order valence-electron chi connectivity index (χ2n) is 5.69. The standard InChI is InChI=1S/C19H17F4NO4/c1-2-9-27-16-8-5-13(19(21,22)23)10-15(16)24-17(25)11-28-18(26)12-3-6-14(20)7-4-12/h3-8,10H,2,9,11H2,1H3,(H,24,25). The van der Waals surface area contributed by atoms with Crippen LogP contribution in [0.15, 0.2) is 42.5 Å². The largest absolute Gasteiger partial charge is 0.491 e. The molecule has 9 heteroatoms. The Kier molecular flexibility index (Phi) is 6.97. The van der Waals surface area contributed by atoms with Crippen LogP contribution in [-0.2, 0) is 15.7 Å². The van der Waals surface area contributed by atoms with Gasteiger partial charge in [0.15, 0.2) is 6.61 Å². The van der Waals surface area contributed by atoms with E-state index in [0.29, 0.717) is 6.42 Å². The van der Waals surface area contributed by atoms with Crippen molar-refractivity contribution in [2.24, 2.45) is 0 Å². The van der Waals surface area contributed by atoms with Crippen molar-refractivity contribution in [3.63, 3.8) is 0 Å². The number of alkyl halides is 3. The summed E-state index contributed by atoms with van der Waals surface area (Å²) in [6.45, 7) is 1.32. The van der Waals surface area contributed by atoms with Gasteiger partial charge in [0.05, 0.1) is 23.4 Å². The number of carbonyl (C=O) groups is 2. The minimum Gasteiger partial charge on any atom is -0.491 e. The van der Waals surface area contributed by atoms with Crippen LogP contribution in [0.1, 0.15) is 29.3 Å². The van der Waals surface area contributed by atoms with E-state index in [-0.39, 0.29) is 23.6 Å². The fourth-order valence-corrected chi connectivity index (χ4v) is 2.13. The molecule has 0 atom stereocenters. The van der Waals surface area contributed by atoms with E-state index in [2.05, 4.69) is 5.32 Å². The van der Waals surface area contributed by atoms with Gasteiger partial charge in [-0.1, -0.05) is 6.92 Å². The maximum Gasteiger partial charge on any atom is 0.416 e. The number of hydrogen-bond acceptors (Lipinski definition) is 4. The topological polar surface area (TPSA) is 64.6 Å². The lowest BCUT2D eigenvalue weighted by atomic mass is 10.1. The molecule has 2 aromatic carbocycles. The van der Waals surface area contributed by atoms with Crippen molar-refractivity contribution >= 4 is 17.6 Å². The zero-order valence-corrected chi connectivity index (χ0v) is 14.8. The molecule has 1 amide bonds. The first-order valence-electron chi connectivity index (χ1n) is 8.27. The Morgan fingerprint density at radius 2 is 1.75 bits per heavy atom. The van der Waals surface area contributed by atoms with Crippen LogP contribution >= 0.6 is 0 Å². The van der Waals surface area contributed by atoms with E-state index in [1.165, 1.54) is 12.1 Å². The number of nitrogens with one attached hydrogen (secondary N) is 1. The molecule has 0 saturated heterocycles. The Balaban J connectivity index is 2.06. The lowest BCUT2D eigenvalue weighted by molar-refractivity contribution is -0.137. The third kappa shape index (κ3) is 5.97. The molecule has 0 heterocycles. The molecule has 0 aromatic heterocycles. The molecule has 0 spiro atoms. The number of rotatable bonds is 7. The lowest BCUT2D eigenvalue weighted by Gasteiger charge is -2.15. The summed E-state index contributed by atoms with van der Waals surface area (Å²) >= 11 is 0. The molecule has 0 aliphatic carbocycles. The fourth-order valence-electron chi connectivity index (χ4n) is 2.13. The molecule has 0 aliphatic rings. The number of ether oxygens (including phenoxy) is 2. The molecule has 0 saturated carbocycles. The number of hydrogen-bond donors (Lipinski definition) is 1. The molecule has 0 aliphatic heterocycles. The highest BCUT2D eigenvalue weighted by Gasteiger charge is 2.31. The van der Waals surface area contributed by atoms with Crippen LogP contribution in [0.5, 0.6) is 5.75 Å². The number of halogens is 4. The smallest absolute Gasteiger partial charge is 0.416 e. The first kappa shape index (κ1) is 21.2. The molecule has 28 heavy (non-hydrogen) atoms. The third-order valence-electron chi connectivity index (χ3n) is 3.46. The summed E-state index contributed by atoms with van der Waals surface area (Å²) in [4.78, 5) is 23.8. The maximum absolute atomic E-state index is 12.9. The Morgan fingerprint density at radius 1 is 1.07 bits per heavy atom. The van der Waals surface area contributed by atoms with Gasteiger partial charge in [-0.2, -0.15) is 13.2 Å². The van der Waals surface area contributed by atoms with Gasteiger partial charge in [0.25, 0.3) is 5.91 Å². The first-order chi connectivity index (χ1) is 13.2. The lowest BCUT2D eigenvalue weighted by Crippen LogP contribution is -2.21. The van der Waals surface area contributed by atoms with Crippen molar-refractivity contribution in [3.05, 3.63) is 59.4 Å². The summed E-state index contributed by atoms with van der Waals surface area (Å²) in [5, 5.41) is 2.25. The van der Waals surface area contributed by atoms with Gasteiger partial charge in [0, 0.05) is 0 Å². The molecule has 2 rings (SSSR count). The number of carbonyl (C=O) groups excluding carboxylic acids is 2. The van der Waals surface area contributed by atoms with Gasteiger partial charge >= 0.3 is 12.1 Å². The van der Waals surface area contributed by atoms with Gasteiger partial charge in [-0.05, 0) is 48.9 Å². The Hall–Kier alpha value is -3.10. The van der Waals surface area contributed by atoms with Gasteiger partial charge in [0.1, 0.15) is 11.6 Å². The molecule has 2 aromatic rings. The second-order valence-corrected chi connectivity index (χ2v) is 5.69. The van der Waals surface area contributed by atoms with E-state index in [0.717, 1.165) is 30.3 Å². The van der Waals surface area contributed by atoms with Gasteiger partial charge in [-0.3, -0.25) is 4.79 Å².